The molecule has 2 saturated heterocycles. The number of carbonyl (C=O) groups excluding carboxylic acids is 4. The van der Waals surface area contributed by atoms with Gasteiger partial charge in [-0.3, -0.25) is 19.7 Å². The number of halogens is 1. The average molecular weight is 448 g/mol. The lowest BCUT2D eigenvalue weighted by molar-refractivity contribution is -0.135. The largest absolute Gasteiger partial charge is 0.368 e. The molecule has 0 bridgehead atoms. The van der Waals surface area contributed by atoms with Gasteiger partial charge in [-0.1, -0.05) is 11.6 Å². The number of imide groups is 1. The number of amides is 5. The average Bonchev–Trinajstić information content (AvgIpc) is 3.05. The zero-order valence-electron chi connectivity index (χ0n) is 17.2. The van der Waals surface area contributed by atoms with Crippen LogP contribution in [0.4, 0.5) is 10.5 Å². The molecule has 2 aliphatic heterocycles. The molecule has 0 atom stereocenters. The molecule has 1 saturated carbocycles. The standard InChI is InChI=1S/C21H26ClN5O4/c22-15-1-3-16(4-2-15)26-9-11-27(12-10-26)17(28)13-23-18(29)14-5-7-21(8-6-14)19(30)24-20(31)25-21/h1-4,14H,5-13H2,(H,23,29)(H2,24,25,30,31). The highest BCUT2D eigenvalue weighted by atomic mass is 35.5. The molecule has 4 rings (SSSR count). The lowest BCUT2D eigenvalue weighted by Gasteiger charge is -2.36. The fourth-order valence-electron chi connectivity index (χ4n) is 4.54. The van der Waals surface area contributed by atoms with Crippen molar-refractivity contribution >= 4 is 41.0 Å². The second-order valence-electron chi connectivity index (χ2n) is 8.33. The molecule has 0 radical (unpaired) electrons. The zero-order chi connectivity index (χ0) is 22.0. The van der Waals surface area contributed by atoms with E-state index in [9.17, 15) is 19.2 Å². The predicted molar refractivity (Wildman–Crippen MR) is 115 cm³/mol. The molecule has 0 aromatic heterocycles. The summed E-state index contributed by atoms with van der Waals surface area (Å²) < 4.78 is 0. The number of nitrogens with one attached hydrogen (secondary N) is 3. The second kappa shape index (κ2) is 8.74. The van der Waals surface area contributed by atoms with Crippen LogP contribution in [0.3, 0.4) is 0 Å². The Morgan fingerprint density at radius 1 is 1.06 bits per heavy atom. The molecule has 2 heterocycles. The number of rotatable bonds is 4. The van der Waals surface area contributed by atoms with E-state index in [4.69, 9.17) is 11.6 Å². The van der Waals surface area contributed by atoms with Crippen LogP contribution in [-0.2, 0) is 14.4 Å². The van der Waals surface area contributed by atoms with Gasteiger partial charge >= 0.3 is 6.03 Å². The van der Waals surface area contributed by atoms with Crippen LogP contribution in [0.15, 0.2) is 24.3 Å². The molecule has 1 aliphatic carbocycles. The number of piperazine rings is 1. The fraction of sp³-hybridized carbons (Fsp3) is 0.524. The van der Waals surface area contributed by atoms with Crippen molar-refractivity contribution in [3.05, 3.63) is 29.3 Å². The van der Waals surface area contributed by atoms with Crippen LogP contribution in [0.1, 0.15) is 25.7 Å². The van der Waals surface area contributed by atoms with E-state index in [0.717, 1.165) is 18.8 Å². The van der Waals surface area contributed by atoms with Gasteiger partial charge < -0.3 is 20.4 Å². The van der Waals surface area contributed by atoms with Crippen LogP contribution >= 0.6 is 11.6 Å². The van der Waals surface area contributed by atoms with Crippen molar-refractivity contribution in [1.82, 2.24) is 20.9 Å². The minimum Gasteiger partial charge on any atom is -0.368 e. The normalized spacial score (nSPS) is 25.9. The lowest BCUT2D eigenvalue weighted by atomic mass is 9.76. The Bertz CT molecular complexity index is 874. The van der Waals surface area contributed by atoms with E-state index in [1.165, 1.54) is 0 Å². The zero-order valence-corrected chi connectivity index (χ0v) is 17.9. The van der Waals surface area contributed by atoms with Crippen molar-refractivity contribution in [2.45, 2.75) is 31.2 Å². The molecule has 3 N–H and O–H groups in total. The van der Waals surface area contributed by atoms with Gasteiger partial charge in [-0.05, 0) is 49.9 Å². The first-order chi connectivity index (χ1) is 14.9. The van der Waals surface area contributed by atoms with Gasteiger partial charge in [-0.15, -0.1) is 0 Å². The summed E-state index contributed by atoms with van der Waals surface area (Å²) in [6.45, 7) is 2.61. The monoisotopic (exact) mass is 447 g/mol. The Morgan fingerprint density at radius 3 is 2.29 bits per heavy atom. The van der Waals surface area contributed by atoms with Crippen LogP contribution in [0.25, 0.3) is 0 Å². The Morgan fingerprint density at radius 2 is 1.71 bits per heavy atom. The van der Waals surface area contributed by atoms with Crippen LogP contribution in [0, 0.1) is 5.92 Å². The van der Waals surface area contributed by atoms with E-state index in [-0.39, 0.29) is 30.2 Å². The number of benzene rings is 1. The summed E-state index contributed by atoms with van der Waals surface area (Å²) in [5.74, 6) is -0.846. The number of urea groups is 1. The number of hydrogen-bond donors (Lipinski definition) is 3. The van der Waals surface area contributed by atoms with Crippen molar-refractivity contribution in [1.29, 1.82) is 0 Å². The number of nitrogens with zero attached hydrogens (tertiary/aromatic N) is 2. The van der Waals surface area contributed by atoms with E-state index in [0.29, 0.717) is 43.8 Å². The third-order valence-electron chi connectivity index (χ3n) is 6.46. The Kier molecular flexibility index (Phi) is 6.04. The Labute approximate surface area is 185 Å². The minimum atomic E-state index is -0.882. The smallest absolute Gasteiger partial charge is 0.322 e. The molecule has 3 fully saturated rings. The van der Waals surface area contributed by atoms with Crippen LogP contribution in [0.2, 0.25) is 5.02 Å². The number of carbonyl (C=O) groups is 4. The SMILES string of the molecule is O=C1NC(=O)C2(CCC(C(=O)NCC(=O)N3CCN(c4ccc(Cl)cc4)CC3)CC2)N1. The summed E-state index contributed by atoms with van der Waals surface area (Å²) in [5.41, 5.74) is 0.194. The molecule has 9 nitrogen and oxygen atoms in total. The fourth-order valence-corrected chi connectivity index (χ4v) is 4.66. The van der Waals surface area contributed by atoms with E-state index in [2.05, 4.69) is 20.9 Å². The van der Waals surface area contributed by atoms with Gasteiger partial charge in [-0.2, -0.15) is 0 Å². The summed E-state index contributed by atoms with van der Waals surface area (Å²) in [6, 6.07) is 7.16. The van der Waals surface area contributed by atoms with Crippen molar-refractivity contribution in [2.24, 2.45) is 5.92 Å². The summed E-state index contributed by atoms with van der Waals surface area (Å²) in [4.78, 5) is 52.4. The third-order valence-corrected chi connectivity index (χ3v) is 6.71. The van der Waals surface area contributed by atoms with Crippen LogP contribution in [0.5, 0.6) is 0 Å². The maximum absolute atomic E-state index is 12.5. The first kappa shape index (κ1) is 21.4. The molecule has 10 heteroatoms. The van der Waals surface area contributed by atoms with Crippen LogP contribution in [-0.4, -0.2) is 66.9 Å². The second-order valence-corrected chi connectivity index (χ2v) is 8.76. The summed E-state index contributed by atoms with van der Waals surface area (Å²) in [7, 11) is 0. The highest BCUT2D eigenvalue weighted by molar-refractivity contribution is 6.30. The summed E-state index contributed by atoms with van der Waals surface area (Å²) in [5, 5.41) is 8.40. The molecule has 31 heavy (non-hydrogen) atoms. The number of hydrogen-bond acceptors (Lipinski definition) is 5. The summed E-state index contributed by atoms with van der Waals surface area (Å²) >= 11 is 5.94. The van der Waals surface area contributed by atoms with E-state index in [1.54, 1.807) is 4.90 Å². The van der Waals surface area contributed by atoms with E-state index in [1.807, 2.05) is 24.3 Å². The first-order valence-electron chi connectivity index (χ1n) is 10.6. The van der Waals surface area contributed by atoms with Gasteiger partial charge in [0.05, 0.1) is 6.54 Å². The molecular weight excluding hydrogens is 422 g/mol. The molecule has 5 amide bonds. The van der Waals surface area contributed by atoms with Gasteiger partial charge in [0, 0.05) is 42.8 Å². The highest BCUT2D eigenvalue weighted by Crippen LogP contribution is 2.34. The van der Waals surface area contributed by atoms with Gasteiger partial charge in [0.25, 0.3) is 5.91 Å². The molecule has 1 aromatic rings. The Balaban J connectivity index is 1.20. The molecular formula is C21H26ClN5O4. The maximum Gasteiger partial charge on any atom is 0.322 e. The van der Waals surface area contributed by atoms with Gasteiger partial charge in [0.2, 0.25) is 11.8 Å². The van der Waals surface area contributed by atoms with Crippen LogP contribution < -0.4 is 20.9 Å². The van der Waals surface area contributed by atoms with Gasteiger partial charge in [0.15, 0.2) is 0 Å². The maximum atomic E-state index is 12.5. The third kappa shape index (κ3) is 4.61. The predicted octanol–water partition coefficient (Wildman–Crippen LogP) is 0.873. The molecule has 1 spiro atoms. The molecule has 1 aromatic carbocycles. The lowest BCUT2D eigenvalue weighted by Crippen LogP contribution is -2.53. The highest BCUT2D eigenvalue weighted by Gasteiger charge is 2.48. The number of anilines is 1. The first-order valence-corrected chi connectivity index (χ1v) is 10.9. The topological polar surface area (TPSA) is 111 Å². The summed E-state index contributed by atoms with van der Waals surface area (Å²) in [6.07, 6.45) is 1.83. The molecule has 166 valence electrons. The van der Waals surface area contributed by atoms with Crippen molar-refractivity contribution in [3.8, 4) is 0 Å². The van der Waals surface area contributed by atoms with Crippen molar-refractivity contribution in [2.75, 3.05) is 37.6 Å². The Hall–Kier alpha value is -2.81. The van der Waals surface area contributed by atoms with E-state index < -0.39 is 11.6 Å². The quantitative estimate of drug-likeness (QED) is 0.593. The van der Waals surface area contributed by atoms with E-state index >= 15 is 0 Å². The van der Waals surface area contributed by atoms with Gasteiger partial charge in [-0.25, -0.2) is 4.79 Å². The van der Waals surface area contributed by atoms with Crippen molar-refractivity contribution < 1.29 is 19.2 Å². The minimum absolute atomic E-state index is 0.0291. The molecule has 0 unspecified atom stereocenters. The molecule has 3 aliphatic rings. The van der Waals surface area contributed by atoms with Gasteiger partial charge in [0.1, 0.15) is 5.54 Å². The van der Waals surface area contributed by atoms with Crippen molar-refractivity contribution in [3.63, 3.8) is 0 Å².